The SMILES string of the molecule is CC(C)CC(=O)NC(C(=O)NC1CCN(C(C)c2ccccc2)C1)c1ccccc1. The lowest BCUT2D eigenvalue weighted by Crippen LogP contribution is -2.45. The van der Waals surface area contributed by atoms with Crippen molar-refractivity contribution in [3.8, 4) is 0 Å². The van der Waals surface area contributed by atoms with Crippen LogP contribution in [0.2, 0.25) is 0 Å². The molecule has 1 fully saturated rings. The second-order valence-electron chi connectivity index (χ2n) is 8.58. The van der Waals surface area contributed by atoms with Crippen molar-refractivity contribution < 1.29 is 9.59 Å². The van der Waals surface area contributed by atoms with Gasteiger partial charge in [-0.25, -0.2) is 0 Å². The minimum absolute atomic E-state index is 0.0804. The zero-order chi connectivity index (χ0) is 21.5. The zero-order valence-corrected chi connectivity index (χ0v) is 18.2. The van der Waals surface area contributed by atoms with Crippen molar-refractivity contribution in [2.24, 2.45) is 5.92 Å². The van der Waals surface area contributed by atoms with Gasteiger partial charge in [-0.2, -0.15) is 0 Å². The number of benzene rings is 2. The number of carbonyl (C=O) groups is 2. The predicted molar refractivity (Wildman–Crippen MR) is 120 cm³/mol. The van der Waals surface area contributed by atoms with Crippen molar-refractivity contribution in [1.82, 2.24) is 15.5 Å². The van der Waals surface area contributed by atoms with E-state index in [-0.39, 0.29) is 23.8 Å². The third-order valence-electron chi connectivity index (χ3n) is 5.69. The molecule has 0 radical (unpaired) electrons. The fourth-order valence-electron chi connectivity index (χ4n) is 4.02. The van der Waals surface area contributed by atoms with Crippen LogP contribution in [0.3, 0.4) is 0 Å². The van der Waals surface area contributed by atoms with Crippen LogP contribution < -0.4 is 10.6 Å². The molecular weight excluding hydrogens is 374 g/mol. The highest BCUT2D eigenvalue weighted by Crippen LogP contribution is 2.25. The molecule has 5 heteroatoms. The molecule has 2 aromatic rings. The van der Waals surface area contributed by atoms with Crippen LogP contribution in [0.15, 0.2) is 60.7 Å². The van der Waals surface area contributed by atoms with Crippen molar-refractivity contribution in [1.29, 1.82) is 0 Å². The lowest BCUT2D eigenvalue weighted by molar-refractivity contribution is -0.130. The molecule has 0 saturated carbocycles. The fraction of sp³-hybridized carbons (Fsp3) is 0.440. The Morgan fingerprint density at radius 1 is 0.967 bits per heavy atom. The summed E-state index contributed by atoms with van der Waals surface area (Å²) >= 11 is 0. The molecule has 0 bridgehead atoms. The van der Waals surface area contributed by atoms with Gasteiger partial charge >= 0.3 is 0 Å². The third kappa shape index (κ3) is 5.92. The van der Waals surface area contributed by atoms with E-state index in [0.717, 1.165) is 25.1 Å². The summed E-state index contributed by atoms with van der Waals surface area (Å²) in [6, 6.07) is 19.6. The zero-order valence-electron chi connectivity index (χ0n) is 18.2. The fourth-order valence-corrected chi connectivity index (χ4v) is 4.02. The van der Waals surface area contributed by atoms with Crippen molar-refractivity contribution >= 4 is 11.8 Å². The molecule has 1 saturated heterocycles. The van der Waals surface area contributed by atoms with E-state index in [2.05, 4.69) is 46.7 Å². The Hall–Kier alpha value is -2.66. The van der Waals surface area contributed by atoms with Gasteiger partial charge in [0.25, 0.3) is 0 Å². The predicted octanol–water partition coefficient (Wildman–Crippen LogP) is 3.84. The van der Waals surface area contributed by atoms with Crippen LogP contribution in [0.1, 0.15) is 56.8 Å². The van der Waals surface area contributed by atoms with Gasteiger partial charge in [-0.1, -0.05) is 74.5 Å². The number of nitrogens with one attached hydrogen (secondary N) is 2. The Morgan fingerprint density at radius 2 is 1.57 bits per heavy atom. The lowest BCUT2D eigenvalue weighted by atomic mass is 10.0. The highest BCUT2D eigenvalue weighted by Gasteiger charge is 2.30. The number of amides is 2. The van der Waals surface area contributed by atoms with E-state index in [1.54, 1.807) is 0 Å². The molecule has 0 aromatic heterocycles. The second kappa shape index (κ2) is 10.4. The second-order valence-corrected chi connectivity index (χ2v) is 8.58. The number of nitrogens with zero attached hydrogens (tertiary/aromatic N) is 1. The number of likely N-dealkylation sites (tertiary alicyclic amines) is 1. The van der Waals surface area contributed by atoms with Crippen LogP contribution in [-0.2, 0) is 9.59 Å². The van der Waals surface area contributed by atoms with Gasteiger partial charge in [0.1, 0.15) is 6.04 Å². The number of rotatable bonds is 8. The van der Waals surface area contributed by atoms with Crippen LogP contribution in [0.25, 0.3) is 0 Å². The molecule has 1 heterocycles. The van der Waals surface area contributed by atoms with Crippen LogP contribution in [0.5, 0.6) is 0 Å². The van der Waals surface area contributed by atoms with Gasteiger partial charge in [-0.05, 0) is 30.4 Å². The first kappa shape index (κ1) is 22.0. The van der Waals surface area contributed by atoms with Crippen LogP contribution >= 0.6 is 0 Å². The van der Waals surface area contributed by atoms with Crippen molar-refractivity contribution in [3.63, 3.8) is 0 Å². The van der Waals surface area contributed by atoms with E-state index in [0.29, 0.717) is 12.5 Å². The molecule has 2 aromatic carbocycles. The van der Waals surface area contributed by atoms with E-state index in [1.807, 2.05) is 50.2 Å². The molecule has 2 N–H and O–H groups in total. The Morgan fingerprint density at radius 3 is 2.17 bits per heavy atom. The van der Waals surface area contributed by atoms with Crippen molar-refractivity contribution in [2.75, 3.05) is 13.1 Å². The Labute approximate surface area is 179 Å². The normalized spacial score (nSPS) is 18.7. The number of hydrogen-bond donors (Lipinski definition) is 2. The average Bonchev–Trinajstić information content (AvgIpc) is 3.20. The topological polar surface area (TPSA) is 61.4 Å². The summed E-state index contributed by atoms with van der Waals surface area (Å²) in [5.74, 6) is 0.00428. The maximum atomic E-state index is 13.1. The molecule has 30 heavy (non-hydrogen) atoms. The van der Waals surface area contributed by atoms with E-state index < -0.39 is 6.04 Å². The first-order chi connectivity index (χ1) is 14.4. The lowest BCUT2D eigenvalue weighted by Gasteiger charge is -2.25. The maximum absolute atomic E-state index is 13.1. The molecular formula is C25H33N3O2. The smallest absolute Gasteiger partial charge is 0.247 e. The van der Waals surface area contributed by atoms with Crippen molar-refractivity contribution in [2.45, 2.75) is 51.7 Å². The van der Waals surface area contributed by atoms with Crippen LogP contribution in [0.4, 0.5) is 0 Å². The molecule has 0 spiro atoms. The molecule has 2 amide bonds. The van der Waals surface area contributed by atoms with E-state index in [4.69, 9.17) is 0 Å². The van der Waals surface area contributed by atoms with Gasteiger partial charge in [-0.15, -0.1) is 0 Å². The molecule has 160 valence electrons. The Balaban J connectivity index is 1.63. The van der Waals surface area contributed by atoms with Crippen LogP contribution in [-0.4, -0.2) is 35.8 Å². The van der Waals surface area contributed by atoms with E-state index in [1.165, 1.54) is 5.56 Å². The first-order valence-corrected chi connectivity index (χ1v) is 10.9. The van der Waals surface area contributed by atoms with Gasteiger partial charge in [0, 0.05) is 31.6 Å². The monoisotopic (exact) mass is 407 g/mol. The molecule has 3 unspecified atom stereocenters. The highest BCUT2D eigenvalue weighted by atomic mass is 16.2. The van der Waals surface area contributed by atoms with Gasteiger partial charge < -0.3 is 10.6 Å². The van der Waals surface area contributed by atoms with Crippen molar-refractivity contribution in [3.05, 3.63) is 71.8 Å². The number of carbonyl (C=O) groups excluding carboxylic acids is 2. The van der Waals surface area contributed by atoms with Gasteiger partial charge in [0.2, 0.25) is 11.8 Å². The number of hydrogen-bond acceptors (Lipinski definition) is 3. The first-order valence-electron chi connectivity index (χ1n) is 10.9. The Kier molecular flexibility index (Phi) is 7.63. The van der Waals surface area contributed by atoms with Gasteiger partial charge in [0.15, 0.2) is 0 Å². The van der Waals surface area contributed by atoms with Crippen LogP contribution in [0, 0.1) is 5.92 Å². The molecule has 1 aliphatic rings. The minimum atomic E-state index is -0.668. The highest BCUT2D eigenvalue weighted by molar-refractivity contribution is 5.88. The Bertz CT molecular complexity index is 823. The minimum Gasteiger partial charge on any atom is -0.350 e. The molecule has 3 atom stereocenters. The summed E-state index contributed by atoms with van der Waals surface area (Å²) in [6.07, 6.45) is 1.31. The summed E-state index contributed by atoms with van der Waals surface area (Å²) in [7, 11) is 0. The largest absolute Gasteiger partial charge is 0.350 e. The summed E-state index contributed by atoms with van der Waals surface area (Å²) in [5, 5.41) is 6.11. The summed E-state index contributed by atoms with van der Waals surface area (Å²) < 4.78 is 0. The molecule has 1 aliphatic heterocycles. The summed E-state index contributed by atoms with van der Waals surface area (Å²) in [4.78, 5) is 27.9. The standard InChI is InChI=1S/C25H33N3O2/c1-18(2)16-23(29)27-24(21-12-8-5-9-13-21)25(30)26-22-14-15-28(17-22)19(3)20-10-6-4-7-11-20/h4-13,18-19,22,24H,14-17H2,1-3H3,(H,26,30)(H,27,29). The summed E-state index contributed by atoms with van der Waals surface area (Å²) in [6.45, 7) is 7.95. The molecule has 3 rings (SSSR count). The van der Waals surface area contributed by atoms with Gasteiger partial charge in [0.05, 0.1) is 0 Å². The molecule has 5 nitrogen and oxygen atoms in total. The van der Waals surface area contributed by atoms with E-state index >= 15 is 0 Å². The quantitative estimate of drug-likeness (QED) is 0.699. The third-order valence-corrected chi connectivity index (χ3v) is 5.69. The molecule has 0 aliphatic carbocycles. The van der Waals surface area contributed by atoms with Gasteiger partial charge in [-0.3, -0.25) is 14.5 Å². The van der Waals surface area contributed by atoms with E-state index in [9.17, 15) is 9.59 Å². The average molecular weight is 408 g/mol. The summed E-state index contributed by atoms with van der Waals surface area (Å²) in [5.41, 5.74) is 2.09. The maximum Gasteiger partial charge on any atom is 0.247 e.